The van der Waals surface area contributed by atoms with Gasteiger partial charge in [0.1, 0.15) is 12.2 Å². The molecule has 184 valence electrons. The number of aromatic nitrogens is 2. The van der Waals surface area contributed by atoms with E-state index in [0.717, 1.165) is 4.57 Å². The van der Waals surface area contributed by atoms with Gasteiger partial charge in [-0.1, -0.05) is 27.7 Å². The van der Waals surface area contributed by atoms with E-state index < -0.39 is 54.3 Å². The van der Waals surface area contributed by atoms with Crippen LogP contribution in [0.15, 0.2) is 15.8 Å². The van der Waals surface area contributed by atoms with Crippen molar-refractivity contribution < 1.29 is 34.0 Å². The average Bonchev–Trinajstić information content (AvgIpc) is 3.02. The maximum absolute atomic E-state index is 13.0. The first-order chi connectivity index (χ1) is 14.8. The molecule has 32 heavy (non-hydrogen) atoms. The number of ether oxygens (including phenoxy) is 1. The maximum Gasteiger partial charge on any atom is 0.359 e. The molecule has 0 saturated carbocycles. The average molecular weight is 478 g/mol. The van der Waals surface area contributed by atoms with Gasteiger partial charge < -0.3 is 24.9 Å². The number of aliphatic hydroxyl groups is 3. The number of aliphatic hydroxyl groups excluding tert-OH is 2. The van der Waals surface area contributed by atoms with Gasteiger partial charge in [0.25, 0.3) is 5.56 Å². The molecule has 5 N–H and O–H groups in total. The summed E-state index contributed by atoms with van der Waals surface area (Å²) in [6.07, 6.45) is -3.49. The first kappa shape index (κ1) is 26.9. The third-order valence-corrected chi connectivity index (χ3v) is 8.91. The van der Waals surface area contributed by atoms with Crippen LogP contribution in [-0.4, -0.2) is 59.0 Å². The summed E-state index contributed by atoms with van der Waals surface area (Å²) >= 11 is 0. The molecule has 2 rings (SSSR count). The van der Waals surface area contributed by atoms with Crippen LogP contribution in [0.4, 0.5) is 0 Å². The first-order valence-corrected chi connectivity index (χ1v) is 12.5. The van der Waals surface area contributed by atoms with E-state index in [1.807, 2.05) is 0 Å². The quantitative estimate of drug-likeness (QED) is 0.309. The van der Waals surface area contributed by atoms with Crippen molar-refractivity contribution in [2.75, 3.05) is 0 Å². The highest BCUT2D eigenvalue weighted by Crippen LogP contribution is 2.61. The molecule has 0 aromatic carbocycles. The molecule has 1 aromatic rings. The van der Waals surface area contributed by atoms with Crippen LogP contribution in [0.3, 0.4) is 0 Å². The molecule has 0 aliphatic carbocycles. The lowest BCUT2D eigenvalue weighted by Crippen LogP contribution is -2.42. The second-order valence-corrected chi connectivity index (χ2v) is 10.5. The Bertz CT molecular complexity index is 951. The molecule has 11 nitrogen and oxygen atoms in total. The van der Waals surface area contributed by atoms with Crippen LogP contribution in [0.1, 0.15) is 71.6 Å². The Morgan fingerprint density at radius 2 is 1.69 bits per heavy atom. The standard InChI is InChI=1S/C20H35N2O9P/c1-6-19(7-2,31-32(28,29)20(27,8-3)9-4)10-13-14(23)15(24)17(30-13)22-11-12(5)16(25)21-18(22)26/h11,13-15,17,23-24,27H,6-10H2,1-5H3,(H,28,29)(H,21,25,26)/t13-,14-,15-,17?/m1/s1. The summed E-state index contributed by atoms with van der Waals surface area (Å²) in [7, 11) is -4.49. The van der Waals surface area contributed by atoms with E-state index in [1.165, 1.54) is 13.1 Å². The zero-order valence-corrected chi connectivity index (χ0v) is 20.0. The van der Waals surface area contributed by atoms with E-state index in [4.69, 9.17) is 9.26 Å². The fourth-order valence-corrected chi connectivity index (χ4v) is 5.80. The summed E-state index contributed by atoms with van der Waals surface area (Å²) in [5.74, 6) is 0. The third-order valence-electron chi connectivity index (χ3n) is 6.59. The van der Waals surface area contributed by atoms with Crippen LogP contribution in [0.5, 0.6) is 0 Å². The molecule has 0 amide bonds. The molecule has 1 aliphatic rings. The van der Waals surface area contributed by atoms with Gasteiger partial charge in [-0.3, -0.25) is 23.4 Å². The Balaban J connectivity index is 2.34. The minimum atomic E-state index is -4.49. The molecular weight excluding hydrogens is 443 g/mol. The summed E-state index contributed by atoms with van der Waals surface area (Å²) in [5, 5.41) is 29.8. The van der Waals surface area contributed by atoms with E-state index in [-0.39, 0.29) is 37.7 Å². The molecule has 2 unspecified atom stereocenters. The van der Waals surface area contributed by atoms with Gasteiger partial charge in [0.2, 0.25) is 0 Å². The molecule has 1 saturated heterocycles. The van der Waals surface area contributed by atoms with Crippen molar-refractivity contribution in [1.29, 1.82) is 0 Å². The third kappa shape index (κ3) is 4.94. The molecule has 0 radical (unpaired) electrons. The van der Waals surface area contributed by atoms with Crippen LogP contribution < -0.4 is 11.2 Å². The SMILES string of the molecule is CCC(CC)(C[C@H]1OC(n2cc(C)c(=O)[nH]c2=O)[C@H](O)[C@@H]1O)OP(=O)(O)C(O)(CC)CC. The molecular formula is C20H35N2O9P. The fraction of sp³-hybridized carbons (Fsp3) is 0.800. The molecule has 1 aromatic heterocycles. The van der Waals surface area contributed by atoms with E-state index in [1.54, 1.807) is 27.7 Å². The molecule has 12 heteroatoms. The summed E-state index contributed by atoms with van der Waals surface area (Å²) in [5.41, 5.74) is -2.40. The molecule has 1 fully saturated rings. The summed E-state index contributed by atoms with van der Waals surface area (Å²) in [6, 6.07) is 0. The topological polar surface area (TPSA) is 171 Å². The molecule has 5 atom stereocenters. The van der Waals surface area contributed by atoms with E-state index in [0.29, 0.717) is 0 Å². The van der Waals surface area contributed by atoms with Gasteiger partial charge in [-0.15, -0.1) is 0 Å². The molecule has 1 aliphatic heterocycles. The molecule has 0 bridgehead atoms. The van der Waals surface area contributed by atoms with Gasteiger partial charge in [-0.05, 0) is 32.6 Å². The zero-order chi connectivity index (χ0) is 24.5. The monoisotopic (exact) mass is 478 g/mol. The van der Waals surface area contributed by atoms with Crippen LogP contribution in [0.25, 0.3) is 0 Å². The predicted octanol–water partition coefficient (Wildman–Crippen LogP) is 1.12. The molecule has 2 heterocycles. The van der Waals surface area contributed by atoms with Crippen LogP contribution in [-0.2, 0) is 13.8 Å². The largest absolute Gasteiger partial charge is 0.388 e. The van der Waals surface area contributed by atoms with Gasteiger partial charge in [0.15, 0.2) is 11.6 Å². The number of nitrogens with one attached hydrogen (secondary N) is 1. The highest BCUT2D eigenvalue weighted by molar-refractivity contribution is 7.54. The van der Waals surface area contributed by atoms with Crippen molar-refractivity contribution in [3.05, 3.63) is 32.6 Å². The normalized spacial score (nSPS) is 26.3. The maximum atomic E-state index is 13.0. The van der Waals surface area contributed by atoms with Gasteiger partial charge in [0, 0.05) is 18.2 Å². The van der Waals surface area contributed by atoms with Gasteiger partial charge in [-0.25, -0.2) is 4.79 Å². The number of aromatic amines is 1. The number of rotatable bonds is 10. The van der Waals surface area contributed by atoms with Crippen molar-refractivity contribution in [3.63, 3.8) is 0 Å². The summed E-state index contributed by atoms with van der Waals surface area (Å²) in [6.45, 7) is 8.14. The van der Waals surface area contributed by atoms with Gasteiger partial charge in [-0.2, -0.15) is 0 Å². The van der Waals surface area contributed by atoms with Crippen LogP contribution in [0.2, 0.25) is 0 Å². The van der Waals surface area contributed by atoms with Crippen molar-refractivity contribution >= 4 is 7.60 Å². The van der Waals surface area contributed by atoms with E-state index in [2.05, 4.69) is 4.98 Å². The van der Waals surface area contributed by atoms with Crippen molar-refractivity contribution in [3.8, 4) is 0 Å². The number of hydrogen-bond donors (Lipinski definition) is 5. The number of nitrogens with zero attached hydrogens (tertiary/aromatic N) is 1. The Hall–Kier alpha value is -1.33. The first-order valence-electron chi connectivity index (χ1n) is 10.9. The summed E-state index contributed by atoms with van der Waals surface area (Å²) in [4.78, 5) is 36.6. The van der Waals surface area contributed by atoms with Crippen molar-refractivity contribution in [2.24, 2.45) is 0 Å². The fourth-order valence-electron chi connectivity index (χ4n) is 3.97. The lowest BCUT2D eigenvalue weighted by molar-refractivity contribution is -0.0782. The number of H-pyrrole nitrogens is 1. The highest BCUT2D eigenvalue weighted by Gasteiger charge is 2.52. The van der Waals surface area contributed by atoms with Crippen LogP contribution in [0, 0.1) is 6.92 Å². The number of hydrogen-bond acceptors (Lipinski definition) is 8. The highest BCUT2D eigenvalue weighted by atomic mass is 31.2. The lowest BCUT2D eigenvalue weighted by Gasteiger charge is -2.40. The second-order valence-electron chi connectivity index (χ2n) is 8.42. The Kier molecular flexibility index (Phi) is 8.32. The Morgan fingerprint density at radius 3 is 2.19 bits per heavy atom. The molecule has 0 spiro atoms. The van der Waals surface area contributed by atoms with E-state index >= 15 is 0 Å². The minimum absolute atomic E-state index is 0.0125. The Labute approximate surface area is 186 Å². The summed E-state index contributed by atoms with van der Waals surface area (Å²) < 4.78 is 25.5. The van der Waals surface area contributed by atoms with Crippen LogP contribution >= 0.6 is 7.60 Å². The van der Waals surface area contributed by atoms with Crippen molar-refractivity contribution in [2.45, 2.75) is 102 Å². The lowest BCUT2D eigenvalue weighted by atomic mass is 9.88. The van der Waals surface area contributed by atoms with Gasteiger partial charge in [0.05, 0.1) is 11.7 Å². The van der Waals surface area contributed by atoms with Crippen molar-refractivity contribution in [1.82, 2.24) is 9.55 Å². The second kappa shape index (κ2) is 9.89. The zero-order valence-electron chi connectivity index (χ0n) is 19.1. The van der Waals surface area contributed by atoms with Gasteiger partial charge >= 0.3 is 13.3 Å². The smallest absolute Gasteiger partial charge is 0.359 e. The minimum Gasteiger partial charge on any atom is -0.388 e. The number of aryl methyl sites for hydroxylation is 1. The predicted molar refractivity (Wildman–Crippen MR) is 116 cm³/mol. The van der Waals surface area contributed by atoms with E-state index in [9.17, 15) is 34.4 Å². The Morgan fingerprint density at radius 1 is 1.12 bits per heavy atom.